The number of ether oxygens (including phenoxy) is 3. The van der Waals surface area contributed by atoms with Crippen molar-refractivity contribution in [3.8, 4) is 0 Å². The summed E-state index contributed by atoms with van der Waals surface area (Å²) in [7, 11) is 1.31. The highest BCUT2D eigenvalue weighted by Gasteiger charge is 2.66. The minimum Gasteiger partial charge on any atom is -0.394 e. The number of imidazole rings is 1. The van der Waals surface area contributed by atoms with Crippen molar-refractivity contribution in [2.45, 2.75) is 48.5 Å². The van der Waals surface area contributed by atoms with Gasteiger partial charge in [0.25, 0.3) is 0 Å². The van der Waals surface area contributed by atoms with Crippen molar-refractivity contribution in [2.75, 3.05) is 26.1 Å². The third-order valence-electron chi connectivity index (χ3n) is 5.56. The van der Waals surface area contributed by atoms with Crippen LogP contribution in [-0.2, 0) is 19.9 Å². The van der Waals surface area contributed by atoms with Gasteiger partial charge in [-0.3, -0.25) is 4.57 Å². The van der Waals surface area contributed by atoms with Gasteiger partial charge in [-0.05, 0) is 0 Å². The number of nitrogens with two attached hydrogens (primary N) is 1. The zero-order valence-electron chi connectivity index (χ0n) is 15.4. The molecule has 2 fully saturated rings. The van der Waals surface area contributed by atoms with Gasteiger partial charge in [-0.2, -0.15) is 0 Å². The molecule has 160 valence electrons. The molecule has 0 bridgehead atoms. The van der Waals surface area contributed by atoms with Gasteiger partial charge in [0.05, 0.1) is 19.5 Å². The van der Waals surface area contributed by atoms with E-state index < -0.39 is 61.7 Å². The predicted molar refractivity (Wildman–Crippen MR) is 94.2 cm³/mol. The van der Waals surface area contributed by atoms with Crippen molar-refractivity contribution in [1.29, 1.82) is 0 Å². The molecule has 2 saturated heterocycles. The molecule has 0 spiro atoms. The molecule has 13 nitrogen and oxygen atoms in total. The summed E-state index contributed by atoms with van der Waals surface area (Å²) in [5, 5.41) is 50.9. The largest absolute Gasteiger partial charge is 0.394 e. The van der Waals surface area contributed by atoms with E-state index in [-0.39, 0.29) is 17.0 Å². The van der Waals surface area contributed by atoms with Gasteiger partial charge in [-0.25, -0.2) is 15.0 Å². The van der Waals surface area contributed by atoms with Gasteiger partial charge in [0.2, 0.25) is 5.72 Å². The molecule has 29 heavy (non-hydrogen) atoms. The Labute approximate surface area is 164 Å². The minimum atomic E-state index is -1.80. The standard InChI is InChI=1S/C16H23N5O8/c1-27-12-10(25)7(3-23)29-16(12,13-11(26)9(24)6(2-22)28-13)21-5-20-8-14(17)18-4-19-15(8)21/h4-7,9-13,22-26H,2-3H2,1H3,(H2,17,18,19)/t6-,7-,9+,10-,11-,12-,13?,16+/m1/s1. The van der Waals surface area contributed by atoms with Crippen LogP contribution in [0, 0.1) is 0 Å². The normalized spacial score (nSPS) is 40.1. The zero-order chi connectivity index (χ0) is 20.9. The Morgan fingerprint density at radius 2 is 1.83 bits per heavy atom. The van der Waals surface area contributed by atoms with E-state index in [1.54, 1.807) is 0 Å². The van der Waals surface area contributed by atoms with Crippen LogP contribution in [0.1, 0.15) is 0 Å². The summed E-state index contributed by atoms with van der Waals surface area (Å²) in [6, 6.07) is 0. The SMILES string of the molecule is CO[C@@H]1[C@H](O)[C@@H](CO)O[C@@]1(C1O[C@H](CO)[C@H](O)[C@H]1O)n1cnc2c(N)ncnc21. The molecule has 0 aromatic carbocycles. The summed E-state index contributed by atoms with van der Waals surface area (Å²) in [6.07, 6.45) is -6.44. The zero-order valence-corrected chi connectivity index (χ0v) is 15.4. The number of anilines is 1. The van der Waals surface area contributed by atoms with Crippen molar-refractivity contribution >= 4 is 17.0 Å². The van der Waals surface area contributed by atoms with Crippen molar-refractivity contribution in [2.24, 2.45) is 0 Å². The quantitative estimate of drug-likeness (QED) is 0.281. The van der Waals surface area contributed by atoms with Crippen molar-refractivity contribution in [1.82, 2.24) is 19.5 Å². The Morgan fingerprint density at radius 3 is 2.45 bits per heavy atom. The third-order valence-corrected chi connectivity index (χ3v) is 5.56. The number of aromatic nitrogens is 4. The van der Waals surface area contributed by atoms with E-state index in [0.717, 1.165) is 0 Å². The fraction of sp³-hybridized carbons (Fsp3) is 0.688. The maximum absolute atomic E-state index is 10.7. The summed E-state index contributed by atoms with van der Waals surface area (Å²) >= 11 is 0. The van der Waals surface area contributed by atoms with Crippen LogP contribution in [0.2, 0.25) is 0 Å². The summed E-state index contributed by atoms with van der Waals surface area (Å²) in [5.74, 6) is 0.0938. The van der Waals surface area contributed by atoms with E-state index in [0.29, 0.717) is 0 Å². The van der Waals surface area contributed by atoms with Crippen molar-refractivity contribution < 1.29 is 39.7 Å². The van der Waals surface area contributed by atoms with Gasteiger partial charge < -0.3 is 45.5 Å². The molecule has 1 unspecified atom stereocenters. The monoisotopic (exact) mass is 413 g/mol. The minimum absolute atomic E-state index is 0.0938. The molecule has 4 rings (SSSR count). The molecule has 4 heterocycles. The molecular weight excluding hydrogens is 390 g/mol. The Balaban J connectivity index is 1.94. The summed E-state index contributed by atoms with van der Waals surface area (Å²) in [5.41, 5.74) is 4.49. The first-order chi connectivity index (χ1) is 13.9. The van der Waals surface area contributed by atoms with E-state index >= 15 is 0 Å². The second kappa shape index (κ2) is 7.37. The molecule has 2 aliphatic rings. The van der Waals surface area contributed by atoms with Crippen LogP contribution >= 0.6 is 0 Å². The van der Waals surface area contributed by atoms with Crippen LogP contribution in [0.4, 0.5) is 5.82 Å². The van der Waals surface area contributed by atoms with Crippen LogP contribution in [0.25, 0.3) is 11.2 Å². The van der Waals surface area contributed by atoms with E-state index in [1.165, 1.54) is 24.3 Å². The van der Waals surface area contributed by atoms with Gasteiger partial charge in [0.15, 0.2) is 11.5 Å². The number of methoxy groups -OCH3 is 1. The van der Waals surface area contributed by atoms with E-state index in [2.05, 4.69) is 15.0 Å². The number of nitrogens with zero attached hydrogens (tertiary/aromatic N) is 4. The lowest BCUT2D eigenvalue weighted by Gasteiger charge is -2.40. The number of aliphatic hydroxyl groups is 5. The van der Waals surface area contributed by atoms with E-state index in [4.69, 9.17) is 19.9 Å². The Bertz CT molecular complexity index is 882. The second-order valence-corrected chi connectivity index (χ2v) is 7.04. The van der Waals surface area contributed by atoms with E-state index in [1.807, 2.05) is 0 Å². The molecule has 13 heteroatoms. The molecular formula is C16H23N5O8. The number of fused-ring (bicyclic) bond motifs is 1. The van der Waals surface area contributed by atoms with Crippen LogP contribution in [0.5, 0.6) is 0 Å². The first kappa shape index (κ1) is 20.3. The summed E-state index contributed by atoms with van der Waals surface area (Å²) in [4.78, 5) is 12.2. The highest BCUT2D eigenvalue weighted by atomic mass is 16.6. The number of hydrogen-bond acceptors (Lipinski definition) is 12. The van der Waals surface area contributed by atoms with Crippen LogP contribution < -0.4 is 5.73 Å². The highest BCUT2D eigenvalue weighted by molar-refractivity contribution is 5.81. The average molecular weight is 413 g/mol. The molecule has 0 radical (unpaired) electrons. The Kier molecular flexibility index (Phi) is 5.16. The fourth-order valence-electron chi connectivity index (χ4n) is 4.18. The first-order valence-corrected chi connectivity index (χ1v) is 8.96. The van der Waals surface area contributed by atoms with Crippen LogP contribution in [-0.4, -0.2) is 108 Å². The molecule has 8 atom stereocenters. The lowest BCUT2D eigenvalue weighted by atomic mass is 9.92. The summed E-state index contributed by atoms with van der Waals surface area (Å²) in [6.45, 7) is -1.12. The number of nitrogen functional groups attached to an aromatic ring is 1. The smallest absolute Gasteiger partial charge is 0.206 e. The lowest BCUT2D eigenvalue weighted by Crippen LogP contribution is -2.58. The molecule has 2 aliphatic heterocycles. The van der Waals surface area contributed by atoms with Crippen molar-refractivity contribution in [3.63, 3.8) is 0 Å². The highest BCUT2D eigenvalue weighted by Crippen LogP contribution is 2.46. The van der Waals surface area contributed by atoms with Gasteiger partial charge in [-0.15, -0.1) is 0 Å². The summed E-state index contributed by atoms with van der Waals surface area (Å²) < 4.78 is 18.6. The Morgan fingerprint density at radius 1 is 1.10 bits per heavy atom. The van der Waals surface area contributed by atoms with Crippen LogP contribution in [0.15, 0.2) is 12.7 Å². The second-order valence-electron chi connectivity index (χ2n) is 7.04. The third kappa shape index (κ3) is 2.74. The predicted octanol–water partition coefficient (Wildman–Crippen LogP) is -3.69. The molecule has 0 aliphatic carbocycles. The van der Waals surface area contributed by atoms with Gasteiger partial charge >= 0.3 is 0 Å². The van der Waals surface area contributed by atoms with Crippen LogP contribution in [0.3, 0.4) is 0 Å². The molecule has 2 aromatic rings. The lowest BCUT2D eigenvalue weighted by molar-refractivity contribution is -0.235. The van der Waals surface area contributed by atoms with E-state index in [9.17, 15) is 25.5 Å². The molecule has 0 saturated carbocycles. The van der Waals surface area contributed by atoms with Gasteiger partial charge in [0.1, 0.15) is 54.6 Å². The average Bonchev–Trinajstić information content (AvgIpc) is 3.36. The van der Waals surface area contributed by atoms with Gasteiger partial charge in [-0.1, -0.05) is 0 Å². The maximum Gasteiger partial charge on any atom is 0.206 e. The molecule has 2 aromatic heterocycles. The fourth-order valence-corrected chi connectivity index (χ4v) is 4.18. The van der Waals surface area contributed by atoms with Gasteiger partial charge in [0, 0.05) is 7.11 Å². The maximum atomic E-state index is 10.7. The molecule has 0 amide bonds. The van der Waals surface area contributed by atoms with Crippen molar-refractivity contribution in [3.05, 3.63) is 12.7 Å². The number of hydrogen-bond donors (Lipinski definition) is 6. The topological polar surface area (TPSA) is 198 Å². The Hall–Kier alpha value is -1.97. The number of aliphatic hydroxyl groups excluding tert-OH is 5. The number of rotatable bonds is 5. The first-order valence-electron chi connectivity index (χ1n) is 8.96. The molecule has 7 N–H and O–H groups in total.